The van der Waals surface area contributed by atoms with E-state index in [4.69, 9.17) is 0 Å². The van der Waals surface area contributed by atoms with E-state index in [9.17, 15) is 4.79 Å². The smallest absolute Gasteiger partial charge is 0.254 e. The fraction of sp³-hybridized carbons (Fsp3) is 0.562. The van der Waals surface area contributed by atoms with E-state index in [0.29, 0.717) is 6.04 Å². The summed E-state index contributed by atoms with van der Waals surface area (Å²) in [7, 11) is 0. The minimum atomic E-state index is 0.167. The first kappa shape index (κ1) is 14.0. The largest absolute Gasteiger partial charge is 0.337 e. The molecule has 2 heterocycles. The van der Waals surface area contributed by atoms with Crippen LogP contribution < -0.4 is 0 Å². The highest BCUT2D eigenvalue weighted by atomic mass is 32.1. The molecule has 0 spiro atoms. The van der Waals surface area contributed by atoms with E-state index in [1.807, 2.05) is 30.0 Å². The highest BCUT2D eigenvalue weighted by molar-refractivity contribution is 7.80. The summed E-state index contributed by atoms with van der Waals surface area (Å²) in [6.45, 7) is 6.18. The number of carbonyl (C=O) groups is 1. The van der Waals surface area contributed by atoms with Crippen LogP contribution in [0.3, 0.4) is 0 Å². The van der Waals surface area contributed by atoms with E-state index in [1.54, 1.807) is 0 Å². The molecule has 2 saturated heterocycles. The molecule has 3 rings (SSSR count). The van der Waals surface area contributed by atoms with E-state index < -0.39 is 0 Å². The summed E-state index contributed by atoms with van der Waals surface area (Å²) in [4.78, 5) is 18.1. The van der Waals surface area contributed by atoms with Gasteiger partial charge < -0.3 is 4.90 Å². The Bertz CT molecular complexity index is 511. The first-order chi connectivity index (χ1) is 9.65. The number of aryl methyl sites for hydroxylation is 1. The molecule has 1 aromatic carbocycles. The summed E-state index contributed by atoms with van der Waals surface area (Å²) >= 11 is 4.35. The van der Waals surface area contributed by atoms with E-state index in [2.05, 4.69) is 17.5 Å². The maximum absolute atomic E-state index is 12.7. The fourth-order valence-electron chi connectivity index (χ4n) is 3.34. The number of thiol groups is 1. The number of likely N-dealkylation sites (tertiary alicyclic amines) is 2. The average Bonchev–Trinajstić information content (AvgIpc) is 3.10. The summed E-state index contributed by atoms with van der Waals surface area (Å²) in [6, 6.07) is 6.38. The molecule has 0 N–H and O–H groups in total. The van der Waals surface area contributed by atoms with Crippen LogP contribution in [-0.4, -0.2) is 47.9 Å². The van der Waals surface area contributed by atoms with Crippen LogP contribution in [0.4, 0.5) is 0 Å². The molecule has 2 aliphatic rings. The van der Waals surface area contributed by atoms with Gasteiger partial charge in [-0.3, -0.25) is 9.69 Å². The Hall–Kier alpha value is -1.00. The number of nitrogens with zero attached hydrogens (tertiary/aromatic N) is 2. The number of rotatable bonds is 2. The van der Waals surface area contributed by atoms with Crippen LogP contribution in [0.25, 0.3) is 0 Å². The number of hydrogen-bond donors (Lipinski definition) is 1. The fourth-order valence-corrected chi connectivity index (χ4v) is 3.55. The first-order valence-electron chi connectivity index (χ1n) is 7.48. The van der Waals surface area contributed by atoms with Gasteiger partial charge in [0.2, 0.25) is 0 Å². The molecule has 1 amide bonds. The SMILES string of the molecule is Cc1ccc(S)cc1C(=O)N1CCC(N2CCCC2)C1. The van der Waals surface area contributed by atoms with E-state index in [1.165, 1.54) is 25.9 Å². The van der Waals surface area contributed by atoms with Crippen LogP contribution in [0.1, 0.15) is 35.2 Å². The van der Waals surface area contributed by atoms with E-state index >= 15 is 0 Å². The molecule has 0 radical (unpaired) electrons. The summed E-state index contributed by atoms with van der Waals surface area (Å²) in [5.41, 5.74) is 1.84. The van der Waals surface area contributed by atoms with Gasteiger partial charge in [0.05, 0.1) is 0 Å². The van der Waals surface area contributed by atoms with Crippen molar-refractivity contribution < 1.29 is 4.79 Å². The third-order valence-corrected chi connectivity index (χ3v) is 4.84. The Morgan fingerprint density at radius 3 is 2.75 bits per heavy atom. The van der Waals surface area contributed by atoms with Crippen molar-refractivity contribution in [3.63, 3.8) is 0 Å². The van der Waals surface area contributed by atoms with Gasteiger partial charge in [0.15, 0.2) is 0 Å². The van der Waals surface area contributed by atoms with Crippen LogP contribution in [-0.2, 0) is 0 Å². The second-order valence-corrected chi connectivity index (χ2v) is 6.45. The van der Waals surface area contributed by atoms with Gasteiger partial charge in [-0.05, 0) is 57.0 Å². The van der Waals surface area contributed by atoms with Gasteiger partial charge in [-0.15, -0.1) is 12.6 Å². The molecule has 0 aromatic heterocycles. The number of hydrogen-bond acceptors (Lipinski definition) is 3. The Balaban J connectivity index is 1.70. The predicted molar refractivity (Wildman–Crippen MR) is 83.5 cm³/mol. The second-order valence-electron chi connectivity index (χ2n) is 5.94. The van der Waals surface area contributed by atoms with Gasteiger partial charge >= 0.3 is 0 Å². The monoisotopic (exact) mass is 290 g/mol. The molecule has 0 bridgehead atoms. The van der Waals surface area contributed by atoms with Crippen LogP contribution in [0.2, 0.25) is 0 Å². The molecule has 2 aliphatic heterocycles. The summed E-state index contributed by atoms with van der Waals surface area (Å²) in [6.07, 6.45) is 3.74. The summed E-state index contributed by atoms with van der Waals surface area (Å²) in [5, 5.41) is 0. The van der Waals surface area contributed by atoms with Gasteiger partial charge in [0.25, 0.3) is 5.91 Å². The third-order valence-electron chi connectivity index (χ3n) is 4.56. The molecule has 2 fully saturated rings. The lowest BCUT2D eigenvalue weighted by Gasteiger charge is -2.24. The molecule has 1 unspecified atom stereocenters. The van der Waals surface area contributed by atoms with Crippen LogP contribution >= 0.6 is 12.6 Å². The molecule has 3 nitrogen and oxygen atoms in total. The highest BCUT2D eigenvalue weighted by Gasteiger charge is 2.32. The minimum Gasteiger partial charge on any atom is -0.337 e. The molecular weight excluding hydrogens is 268 g/mol. The number of benzene rings is 1. The Kier molecular flexibility index (Phi) is 4.03. The minimum absolute atomic E-state index is 0.167. The van der Waals surface area contributed by atoms with Crippen LogP contribution in [0, 0.1) is 6.92 Å². The van der Waals surface area contributed by atoms with Gasteiger partial charge in [0, 0.05) is 29.6 Å². The Morgan fingerprint density at radius 2 is 2.00 bits per heavy atom. The second kappa shape index (κ2) is 5.78. The summed E-state index contributed by atoms with van der Waals surface area (Å²) < 4.78 is 0. The van der Waals surface area contributed by atoms with Crippen molar-refractivity contribution in [3.05, 3.63) is 29.3 Å². The zero-order chi connectivity index (χ0) is 14.1. The van der Waals surface area contributed by atoms with Gasteiger partial charge in [-0.1, -0.05) is 6.07 Å². The molecule has 108 valence electrons. The highest BCUT2D eigenvalue weighted by Crippen LogP contribution is 2.23. The quantitative estimate of drug-likeness (QED) is 0.846. The topological polar surface area (TPSA) is 23.6 Å². The van der Waals surface area contributed by atoms with Crippen LogP contribution in [0.15, 0.2) is 23.1 Å². The zero-order valence-corrected chi connectivity index (χ0v) is 12.9. The van der Waals surface area contributed by atoms with Crippen molar-refractivity contribution >= 4 is 18.5 Å². The third kappa shape index (κ3) is 2.72. The molecular formula is C16H22N2OS. The maximum Gasteiger partial charge on any atom is 0.254 e. The molecule has 1 aromatic rings. The molecule has 4 heteroatoms. The summed E-state index contributed by atoms with van der Waals surface area (Å²) in [5.74, 6) is 0.167. The molecule has 20 heavy (non-hydrogen) atoms. The lowest BCUT2D eigenvalue weighted by Crippen LogP contribution is -2.37. The standard InChI is InChI=1S/C16H22N2OS/c1-12-4-5-14(20)10-15(12)16(19)18-9-6-13(11-18)17-7-2-3-8-17/h4-5,10,13,20H,2-3,6-9,11H2,1H3. The maximum atomic E-state index is 12.7. The van der Waals surface area contributed by atoms with Gasteiger partial charge in [-0.25, -0.2) is 0 Å². The van der Waals surface area contributed by atoms with Crippen molar-refractivity contribution in [2.24, 2.45) is 0 Å². The lowest BCUT2D eigenvalue weighted by molar-refractivity contribution is 0.0779. The van der Waals surface area contributed by atoms with Crippen molar-refractivity contribution in [1.82, 2.24) is 9.80 Å². The van der Waals surface area contributed by atoms with Crippen molar-refractivity contribution in [2.75, 3.05) is 26.2 Å². The molecule has 1 atom stereocenters. The first-order valence-corrected chi connectivity index (χ1v) is 7.93. The zero-order valence-electron chi connectivity index (χ0n) is 12.0. The Labute approximate surface area is 126 Å². The van der Waals surface area contributed by atoms with Crippen molar-refractivity contribution in [2.45, 2.75) is 37.1 Å². The normalized spacial score (nSPS) is 23.5. The van der Waals surface area contributed by atoms with Crippen molar-refractivity contribution in [1.29, 1.82) is 0 Å². The van der Waals surface area contributed by atoms with Gasteiger partial charge in [-0.2, -0.15) is 0 Å². The van der Waals surface area contributed by atoms with Gasteiger partial charge in [0.1, 0.15) is 0 Å². The lowest BCUT2D eigenvalue weighted by atomic mass is 10.1. The van der Waals surface area contributed by atoms with Crippen LogP contribution in [0.5, 0.6) is 0 Å². The average molecular weight is 290 g/mol. The van der Waals surface area contributed by atoms with Crippen molar-refractivity contribution in [3.8, 4) is 0 Å². The Morgan fingerprint density at radius 1 is 1.25 bits per heavy atom. The number of amides is 1. The van der Waals surface area contributed by atoms with E-state index in [0.717, 1.165) is 35.5 Å². The van der Waals surface area contributed by atoms with E-state index in [-0.39, 0.29) is 5.91 Å². The predicted octanol–water partition coefficient (Wildman–Crippen LogP) is 2.59. The molecule has 0 aliphatic carbocycles. The number of carbonyl (C=O) groups excluding carboxylic acids is 1. The molecule has 0 saturated carbocycles.